The normalized spacial score (nSPS) is 11.4. The fourth-order valence-electron chi connectivity index (χ4n) is 2.24. The number of guanidine groups is 1. The van der Waals surface area contributed by atoms with E-state index in [2.05, 4.69) is 15.4 Å². The number of likely N-dealkylation sites (N-methyl/N-ethyl adjacent to an activating group) is 1. The summed E-state index contributed by atoms with van der Waals surface area (Å²) in [7, 11) is 5.69. The lowest BCUT2D eigenvalue weighted by molar-refractivity contribution is 0.281. The van der Waals surface area contributed by atoms with Gasteiger partial charge in [-0.3, -0.25) is 9.67 Å². The van der Waals surface area contributed by atoms with Crippen LogP contribution in [0.15, 0.2) is 41.7 Å². The summed E-state index contributed by atoms with van der Waals surface area (Å²) in [5.74, 6) is 1.66. The summed E-state index contributed by atoms with van der Waals surface area (Å²) in [6.07, 6.45) is 4.81. The molecule has 0 amide bonds. The zero-order chi connectivity index (χ0) is 17.4. The van der Waals surface area contributed by atoms with Crippen molar-refractivity contribution in [2.75, 3.05) is 33.8 Å². The highest BCUT2D eigenvalue weighted by Gasteiger charge is 2.06. The standard InChI is InChI=1S/C17H24ClN5O/c1-19-17(20-9-8-14-12-21-23(3)13-14)22(2)10-11-24-16-6-4-15(18)5-7-16/h4-7,12-13H,8-11H2,1-3H3,(H,19,20). The third-order valence-corrected chi connectivity index (χ3v) is 3.79. The molecule has 0 atom stereocenters. The highest BCUT2D eigenvalue weighted by atomic mass is 35.5. The van der Waals surface area contributed by atoms with Crippen molar-refractivity contribution in [3.63, 3.8) is 0 Å². The Hall–Kier alpha value is -2.21. The molecule has 2 rings (SSSR count). The fourth-order valence-corrected chi connectivity index (χ4v) is 2.37. The maximum absolute atomic E-state index is 5.86. The molecule has 0 aliphatic rings. The molecule has 1 N–H and O–H groups in total. The first-order valence-corrected chi connectivity index (χ1v) is 8.24. The van der Waals surface area contributed by atoms with Gasteiger partial charge < -0.3 is 15.0 Å². The molecule has 1 aromatic carbocycles. The van der Waals surface area contributed by atoms with Gasteiger partial charge in [-0.05, 0) is 36.2 Å². The van der Waals surface area contributed by atoms with Gasteiger partial charge in [-0.1, -0.05) is 11.6 Å². The highest BCUT2D eigenvalue weighted by Crippen LogP contribution is 2.15. The number of rotatable bonds is 7. The first kappa shape index (κ1) is 18.1. The minimum absolute atomic E-state index is 0.571. The lowest BCUT2D eigenvalue weighted by Crippen LogP contribution is -2.41. The van der Waals surface area contributed by atoms with E-state index in [-0.39, 0.29) is 0 Å². The zero-order valence-corrected chi connectivity index (χ0v) is 15.1. The number of hydrogen-bond acceptors (Lipinski definition) is 3. The molecule has 0 bridgehead atoms. The van der Waals surface area contributed by atoms with Crippen molar-refractivity contribution < 1.29 is 4.74 Å². The molecule has 1 aromatic heterocycles. The Labute approximate surface area is 148 Å². The number of benzene rings is 1. The molecule has 0 fully saturated rings. The van der Waals surface area contributed by atoms with E-state index in [9.17, 15) is 0 Å². The number of aryl methyl sites for hydroxylation is 1. The van der Waals surface area contributed by atoms with Crippen molar-refractivity contribution in [1.29, 1.82) is 0 Å². The Morgan fingerprint density at radius 1 is 1.38 bits per heavy atom. The summed E-state index contributed by atoms with van der Waals surface area (Å²) in [6, 6.07) is 7.37. The van der Waals surface area contributed by atoms with Gasteiger partial charge in [0.1, 0.15) is 12.4 Å². The van der Waals surface area contributed by atoms with E-state index < -0.39 is 0 Å². The monoisotopic (exact) mass is 349 g/mol. The summed E-state index contributed by atoms with van der Waals surface area (Å²) in [4.78, 5) is 6.34. The molecule has 7 heteroatoms. The van der Waals surface area contributed by atoms with Crippen LogP contribution in [0.5, 0.6) is 5.75 Å². The molecule has 0 saturated carbocycles. The molecular formula is C17H24ClN5O. The van der Waals surface area contributed by atoms with Crippen molar-refractivity contribution in [1.82, 2.24) is 20.0 Å². The molecule has 1 heterocycles. The number of ether oxygens (including phenoxy) is 1. The number of halogens is 1. The number of nitrogens with zero attached hydrogens (tertiary/aromatic N) is 4. The van der Waals surface area contributed by atoms with E-state index in [0.29, 0.717) is 11.6 Å². The molecule has 0 radical (unpaired) electrons. The van der Waals surface area contributed by atoms with Crippen molar-refractivity contribution >= 4 is 17.6 Å². The van der Waals surface area contributed by atoms with Gasteiger partial charge in [-0.15, -0.1) is 0 Å². The Morgan fingerprint density at radius 2 is 2.12 bits per heavy atom. The van der Waals surface area contributed by atoms with Crippen LogP contribution in [0.3, 0.4) is 0 Å². The Bertz CT molecular complexity index is 653. The summed E-state index contributed by atoms with van der Waals surface area (Å²) in [5.41, 5.74) is 1.20. The van der Waals surface area contributed by atoms with Gasteiger partial charge >= 0.3 is 0 Å². The van der Waals surface area contributed by atoms with Crippen LogP contribution in [0, 0.1) is 0 Å². The molecule has 24 heavy (non-hydrogen) atoms. The average Bonchev–Trinajstić information content (AvgIpc) is 2.98. The van der Waals surface area contributed by atoms with Crippen molar-refractivity contribution in [2.45, 2.75) is 6.42 Å². The highest BCUT2D eigenvalue weighted by molar-refractivity contribution is 6.30. The molecule has 0 aliphatic heterocycles. The van der Waals surface area contributed by atoms with Gasteiger partial charge in [0.25, 0.3) is 0 Å². The smallest absolute Gasteiger partial charge is 0.193 e. The molecule has 130 valence electrons. The predicted octanol–water partition coefficient (Wildman–Crippen LogP) is 2.20. The van der Waals surface area contributed by atoms with Crippen LogP contribution in [0.2, 0.25) is 5.02 Å². The minimum Gasteiger partial charge on any atom is -0.492 e. The van der Waals surface area contributed by atoms with Crippen molar-refractivity contribution in [3.05, 3.63) is 47.2 Å². The number of nitrogens with one attached hydrogen (secondary N) is 1. The Balaban J connectivity index is 1.70. The molecular weight excluding hydrogens is 326 g/mol. The van der Waals surface area contributed by atoms with E-state index in [1.165, 1.54) is 5.56 Å². The van der Waals surface area contributed by atoms with E-state index in [4.69, 9.17) is 16.3 Å². The van der Waals surface area contributed by atoms with Crippen LogP contribution in [-0.2, 0) is 13.5 Å². The maximum atomic E-state index is 5.86. The SMILES string of the molecule is CN=C(NCCc1cnn(C)c1)N(C)CCOc1ccc(Cl)cc1. The van der Waals surface area contributed by atoms with Gasteiger partial charge in [0.05, 0.1) is 12.7 Å². The molecule has 2 aromatic rings. The van der Waals surface area contributed by atoms with Gasteiger partial charge in [0.15, 0.2) is 5.96 Å². The van der Waals surface area contributed by atoms with Crippen LogP contribution in [0.25, 0.3) is 0 Å². The molecule has 0 saturated heterocycles. The minimum atomic E-state index is 0.571. The van der Waals surface area contributed by atoms with Crippen molar-refractivity contribution in [3.8, 4) is 5.75 Å². The number of hydrogen-bond donors (Lipinski definition) is 1. The second-order valence-corrected chi connectivity index (χ2v) is 5.91. The quantitative estimate of drug-likeness (QED) is 0.615. The first-order valence-electron chi connectivity index (χ1n) is 7.86. The van der Waals surface area contributed by atoms with Crippen LogP contribution < -0.4 is 10.1 Å². The summed E-state index contributed by atoms with van der Waals surface area (Å²) < 4.78 is 7.52. The third kappa shape index (κ3) is 5.77. The van der Waals surface area contributed by atoms with Gasteiger partial charge in [0.2, 0.25) is 0 Å². The van der Waals surface area contributed by atoms with E-state index in [0.717, 1.165) is 31.2 Å². The maximum Gasteiger partial charge on any atom is 0.193 e. The average molecular weight is 350 g/mol. The molecule has 0 aliphatic carbocycles. The topological polar surface area (TPSA) is 54.7 Å². The molecule has 6 nitrogen and oxygen atoms in total. The third-order valence-electron chi connectivity index (χ3n) is 3.54. The lowest BCUT2D eigenvalue weighted by atomic mass is 10.2. The number of aliphatic imine (C=N–C) groups is 1. The van der Waals surface area contributed by atoms with Crippen molar-refractivity contribution in [2.24, 2.45) is 12.0 Å². The Morgan fingerprint density at radius 3 is 2.75 bits per heavy atom. The second-order valence-electron chi connectivity index (χ2n) is 5.47. The molecule has 0 unspecified atom stereocenters. The summed E-state index contributed by atoms with van der Waals surface area (Å²) in [5, 5.41) is 8.22. The van der Waals surface area contributed by atoms with Gasteiger partial charge in [-0.2, -0.15) is 5.10 Å². The largest absolute Gasteiger partial charge is 0.492 e. The van der Waals surface area contributed by atoms with E-state index in [1.54, 1.807) is 7.05 Å². The van der Waals surface area contributed by atoms with Gasteiger partial charge in [0, 0.05) is 38.9 Å². The fraction of sp³-hybridized carbons (Fsp3) is 0.412. The van der Waals surface area contributed by atoms with Crippen LogP contribution in [-0.4, -0.2) is 54.4 Å². The van der Waals surface area contributed by atoms with E-state index in [1.807, 2.05) is 60.3 Å². The lowest BCUT2D eigenvalue weighted by Gasteiger charge is -2.22. The predicted molar refractivity (Wildman–Crippen MR) is 97.9 cm³/mol. The van der Waals surface area contributed by atoms with E-state index >= 15 is 0 Å². The molecule has 0 spiro atoms. The van der Waals surface area contributed by atoms with Crippen LogP contribution in [0.4, 0.5) is 0 Å². The first-order chi connectivity index (χ1) is 11.6. The Kier molecular flexibility index (Phi) is 6.93. The zero-order valence-electron chi connectivity index (χ0n) is 14.4. The van der Waals surface area contributed by atoms with Crippen LogP contribution >= 0.6 is 11.6 Å². The second kappa shape index (κ2) is 9.17. The number of aromatic nitrogens is 2. The summed E-state index contributed by atoms with van der Waals surface area (Å²) in [6.45, 7) is 2.11. The van der Waals surface area contributed by atoms with Crippen LogP contribution in [0.1, 0.15) is 5.56 Å². The summed E-state index contributed by atoms with van der Waals surface area (Å²) >= 11 is 5.86. The van der Waals surface area contributed by atoms with Gasteiger partial charge in [-0.25, -0.2) is 0 Å².